The third-order valence-electron chi connectivity index (χ3n) is 4.30. The van der Waals surface area contributed by atoms with E-state index in [0.717, 1.165) is 0 Å². The Balaban J connectivity index is 2.04. The van der Waals surface area contributed by atoms with Crippen LogP contribution in [0.25, 0.3) is 11.4 Å². The molecule has 0 radical (unpaired) electrons. The molecule has 0 unspecified atom stereocenters. The summed E-state index contributed by atoms with van der Waals surface area (Å²) in [5, 5.41) is 9.37. The van der Waals surface area contributed by atoms with E-state index in [2.05, 4.69) is 20.4 Å². The van der Waals surface area contributed by atoms with Crippen molar-refractivity contribution in [3.8, 4) is 17.1 Å². The van der Waals surface area contributed by atoms with Gasteiger partial charge in [-0.05, 0) is 12.1 Å². The molecule has 0 saturated carbocycles. The number of amides is 1. The number of aromatic nitrogens is 4. The summed E-state index contributed by atoms with van der Waals surface area (Å²) < 4.78 is 32.3. The Kier molecular flexibility index (Phi) is 6.53. The Morgan fingerprint density at radius 3 is 2.61 bits per heavy atom. The van der Waals surface area contributed by atoms with Crippen LogP contribution in [0.15, 0.2) is 36.8 Å². The van der Waals surface area contributed by atoms with E-state index in [4.69, 9.17) is 4.74 Å². The SMILES string of the molecule is CCC(=O)c1cnc(NC(=O)C(F)F)cc1Nc1cccc(-c2ncn(C)n2)c1OC. The second-order valence-corrected chi connectivity index (χ2v) is 6.44. The predicted octanol–water partition coefficient (Wildman–Crippen LogP) is 3.43. The van der Waals surface area contributed by atoms with Gasteiger partial charge in [-0.2, -0.15) is 13.9 Å². The van der Waals surface area contributed by atoms with E-state index < -0.39 is 12.3 Å². The molecule has 0 aliphatic rings. The minimum absolute atomic E-state index is 0.123. The van der Waals surface area contributed by atoms with Gasteiger partial charge in [-0.3, -0.25) is 14.3 Å². The lowest BCUT2D eigenvalue weighted by Gasteiger charge is -2.16. The molecule has 0 atom stereocenters. The van der Waals surface area contributed by atoms with Gasteiger partial charge in [-0.25, -0.2) is 9.97 Å². The number of pyridine rings is 1. The van der Waals surface area contributed by atoms with Crippen molar-refractivity contribution in [3.05, 3.63) is 42.4 Å². The van der Waals surface area contributed by atoms with Crippen LogP contribution < -0.4 is 15.4 Å². The molecule has 0 aliphatic heterocycles. The van der Waals surface area contributed by atoms with Gasteiger partial charge in [0.15, 0.2) is 17.4 Å². The highest BCUT2D eigenvalue weighted by Gasteiger charge is 2.20. The van der Waals surface area contributed by atoms with E-state index in [9.17, 15) is 18.4 Å². The lowest BCUT2D eigenvalue weighted by molar-refractivity contribution is -0.126. The van der Waals surface area contributed by atoms with Crippen molar-refractivity contribution in [2.45, 2.75) is 19.8 Å². The molecule has 0 spiro atoms. The summed E-state index contributed by atoms with van der Waals surface area (Å²) in [6.45, 7) is 1.69. The maximum absolute atomic E-state index is 12.6. The van der Waals surface area contributed by atoms with Gasteiger partial charge in [0.05, 0.1) is 29.6 Å². The maximum Gasteiger partial charge on any atom is 0.315 e. The number of hydrogen-bond donors (Lipinski definition) is 2. The third kappa shape index (κ3) is 4.82. The molecule has 31 heavy (non-hydrogen) atoms. The Morgan fingerprint density at radius 2 is 2.00 bits per heavy atom. The number of alkyl halides is 2. The minimum Gasteiger partial charge on any atom is -0.494 e. The zero-order valence-electron chi connectivity index (χ0n) is 17.0. The van der Waals surface area contributed by atoms with E-state index in [-0.39, 0.29) is 29.3 Å². The molecule has 2 N–H and O–H groups in total. The molecule has 3 rings (SSSR count). The van der Waals surface area contributed by atoms with Gasteiger partial charge in [0, 0.05) is 25.7 Å². The average molecular weight is 430 g/mol. The number of aryl methyl sites for hydroxylation is 1. The van der Waals surface area contributed by atoms with Gasteiger partial charge in [0.1, 0.15) is 12.1 Å². The van der Waals surface area contributed by atoms with Gasteiger partial charge in [0.2, 0.25) is 0 Å². The molecular weight excluding hydrogens is 410 g/mol. The second-order valence-electron chi connectivity index (χ2n) is 6.44. The summed E-state index contributed by atoms with van der Waals surface area (Å²) in [5.74, 6) is -0.981. The smallest absolute Gasteiger partial charge is 0.315 e. The number of nitrogens with zero attached hydrogens (tertiary/aromatic N) is 4. The summed E-state index contributed by atoms with van der Waals surface area (Å²) in [6, 6.07) is 6.55. The predicted molar refractivity (Wildman–Crippen MR) is 110 cm³/mol. The molecule has 9 nitrogen and oxygen atoms in total. The van der Waals surface area contributed by atoms with Crippen LogP contribution in [0.5, 0.6) is 5.75 Å². The van der Waals surface area contributed by atoms with E-state index in [0.29, 0.717) is 22.8 Å². The van der Waals surface area contributed by atoms with Crippen molar-refractivity contribution < 1.29 is 23.1 Å². The van der Waals surface area contributed by atoms with Crippen molar-refractivity contribution in [1.82, 2.24) is 19.7 Å². The van der Waals surface area contributed by atoms with Crippen LogP contribution in [0.1, 0.15) is 23.7 Å². The molecule has 1 amide bonds. The first kappa shape index (κ1) is 21.8. The number of rotatable bonds is 8. The van der Waals surface area contributed by atoms with Crippen molar-refractivity contribution >= 4 is 28.9 Å². The monoisotopic (exact) mass is 430 g/mol. The standard InChI is InChI=1S/C20H20F2N6O3/c1-4-15(29)12-9-23-16(26-20(30)18(21)22)8-14(12)25-13-7-5-6-11(17(13)31-3)19-24-10-28(2)27-19/h5-10,18H,4H2,1-3H3,(H2,23,25,26,30). The summed E-state index contributed by atoms with van der Waals surface area (Å²) in [6.07, 6.45) is -0.217. The Hall–Kier alpha value is -3.89. The first-order valence-electron chi connectivity index (χ1n) is 9.26. The number of Topliss-reactive ketones (excluding diaryl/α,β-unsaturated/α-hetero) is 1. The van der Waals surface area contributed by atoms with Crippen molar-refractivity contribution in [2.24, 2.45) is 7.05 Å². The molecule has 0 saturated heterocycles. The molecule has 2 heterocycles. The fourth-order valence-corrected chi connectivity index (χ4v) is 2.86. The first-order chi connectivity index (χ1) is 14.8. The number of carbonyl (C=O) groups excluding carboxylic acids is 2. The van der Waals surface area contributed by atoms with Crippen LogP contribution in [-0.4, -0.2) is 45.0 Å². The van der Waals surface area contributed by atoms with Gasteiger partial charge in [-0.15, -0.1) is 0 Å². The van der Waals surface area contributed by atoms with Gasteiger partial charge in [0.25, 0.3) is 5.91 Å². The molecule has 3 aromatic rings. The molecule has 11 heteroatoms. The number of nitrogens with one attached hydrogen (secondary N) is 2. The summed E-state index contributed by atoms with van der Waals surface area (Å²) >= 11 is 0. The normalized spacial score (nSPS) is 10.8. The molecule has 1 aromatic carbocycles. The number of ketones is 1. The maximum atomic E-state index is 12.6. The average Bonchev–Trinajstić information content (AvgIpc) is 3.19. The van der Waals surface area contributed by atoms with Crippen LogP contribution in [0, 0.1) is 0 Å². The third-order valence-corrected chi connectivity index (χ3v) is 4.30. The fourth-order valence-electron chi connectivity index (χ4n) is 2.86. The van der Waals surface area contributed by atoms with Gasteiger partial charge < -0.3 is 15.4 Å². The highest BCUT2D eigenvalue weighted by Crippen LogP contribution is 2.37. The van der Waals surface area contributed by atoms with Crippen LogP contribution in [0.4, 0.5) is 26.0 Å². The van der Waals surface area contributed by atoms with E-state index in [1.807, 2.05) is 5.32 Å². The second kappa shape index (κ2) is 9.28. The van der Waals surface area contributed by atoms with Crippen LogP contribution in [-0.2, 0) is 11.8 Å². The molecule has 162 valence electrons. The minimum atomic E-state index is -3.20. The fraction of sp³-hybridized carbons (Fsp3) is 0.250. The quantitative estimate of drug-likeness (QED) is 0.527. The number of methoxy groups -OCH3 is 1. The number of hydrogen-bond acceptors (Lipinski definition) is 7. The number of ether oxygens (including phenoxy) is 1. The van der Waals surface area contributed by atoms with Gasteiger partial charge in [-0.1, -0.05) is 13.0 Å². The summed E-state index contributed by atoms with van der Waals surface area (Å²) in [7, 11) is 3.21. The largest absolute Gasteiger partial charge is 0.494 e. The van der Waals surface area contributed by atoms with E-state index in [1.54, 1.807) is 43.2 Å². The molecule has 0 bridgehead atoms. The van der Waals surface area contributed by atoms with Gasteiger partial charge >= 0.3 is 6.43 Å². The highest BCUT2D eigenvalue weighted by atomic mass is 19.3. The number of carbonyl (C=O) groups is 2. The molecular formula is C20H20F2N6O3. The Morgan fingerprint density at radius 1 is 1.23 bits per heavy atom. The Bertz CT molecular complexity index is 1120. The van der Waals surface area contributed by atoms with Crippen LogP contribution >= 0.6 is 0 Å². The molecule has 0 aliphatic carbocycles. The van der Waals surface area contributed by atoms with E-state index in [1.165, 1.54) is 19.4 Å². The van der Waals surface area contributed by atoms with Crippen molar-refractivity contribution in [2.75, 3.05) is 17.7 Å². The summed E-state index contributed by atoms with van der Waals surface area (Å²) in [4.78, 5) is 31.8. The Labute approximate surface area is 176 Å². The zero-order chi connectivity index (χ0) is 22.5. The lowest BCUT2D eigenvalue weighted by Crippen LogP contribution is -2.21. The molecule has 0 fully saturated rings. The number of benzene rings is 1. The molecule has 2 aromatic heterocycles. The summed E-state index contributed by atoms with van der Waals surface area (Å²) in [5.41, 5.74) is 1.60. The highest BCUT2D eigenvalue weighted by molar-refractivity contribution is 6.02. The first-order valence-corrected chi connectivity index (χ1v) is 9.26. The number of anilines is 3. The zero-order valence-corrected chi connectivity index (χ0v) is 17.0. The van der Waals surface area contributed by atoms with E-state index >= 15 is 0 Å². The van der Waals surface area contributed by atoms with Crippen molar-refractivity contribution in [1.29, 1.82) is 0 Å². The number of halogens is 2. The van der Waals surface area contributed by atoms with Crippen LogP contribution in [0.3, 0.4) is 0 Å². The van der Waals surface area contributed by atoms with Crippen LogP contribution in [0.2, 0.25) is 0 Å². The lowest BCUT2D eigenvalue weighted by atomic mass is 10.1. The number of para-hydroxylation sites is 1. The van der Waals surface area contributed by atoms with Crippen molar-refractivity contribution in [3.63, 3.8) is 0 Å². The topological polar surface area (TPSA) is 111 Å².